The molecular weight excluding hydrogens is 384 g/mol. The summed E-state index contributed by atoms with van der Waals surface area (Å²) in [6.07, 6.45) is 0. The molecule has 0 spiro atoms. The molecule has 1 saturated heterocycles. The first kappa shape index (κ1) is 16.6. The van der Waals surface area contributed by atoms with Crippen molar-refractivity contribution in [2.75, 3.05) is 31.9 Å². The topological polar surface area (TPSA) is 127 Å². The molecule has 0 saturated carbocycles. The van der Waals surface area contributed by atoms with E-state index < -0.39 is 20.2 Å². The van der Waals surface area contributed by atoms with Gasteiger partial charge in [-0.3, -0.25) is 0 Å². The third-order valence-corrected chi connectivity index (χ3v) is 6.68. The van der Waals surface area contributed by atoms with E-state index in [1.807, 2.05) is 0 Å². The Morgan fingerprint density at radius 2 is 1.52 bits per heavy atom. The second kappa shape index (κ2) is 5.82. The Labute approximate surface area is 132 Å². The summed E-state index contributed by atoms with van der Waals surface area (Å²) in [6, 6.07) is 4.57. The van der Waals surface area contributed by atoms with Crippen molar-refractivity contribution < 1.29 is 16.8 Å². The van der Waals surface area contributed by atoms with Crippen molar-refractivity contribution in [2.24, 2.45) is 5.14 Å². The van der Waals surface area contributed by atoms with Gasteiger partial charge in [0.2, 0.25) is 10.0 Å². The highest BCUT2D eigenvalue weighted by Crippen LogP contribution is 2.26. The first-order chi connectivity index (χ1) is 9.62. The van der Waals surface area contributed by atoms with Crippen molar-refractivity contribution in [3.63, 3.8) is 0 Å². The Kier molecular flexibility index (Phi) is 4.61. The molecule has 1 aliphatic rings. The number of hydrogen-bond donors (Lipinski definition) is 2. The number of halogens is 1. The summed E-state index contributed by atoms with van der Waals surface area (Å²) in [7, 11) is -7.56. The zero-order valence-electron chi connectivity index (χ0n) is 10.9. The van der Waals surface area contributed by atoms with Gasteiger partial charge in [0, 0.05) is 30.7 Å². The Hall–Kier alpha value is -0.720. The predicted molar refractivity (Wildman–Crippen MR) is 82.0 cm³/mol. The number of benzene rings is 1. The molecule has 21 heavy (non-hydrogen) atoms. The molecule has 0 amide bonds. The Bertz CT molecular complexity index is 742. The lowest BCUT2D eigenvalue weighted by atomic mass is 10.3. The molecule has 118 valence electrons. The van der Waals surface area contributed by atoms with Gasteiger partial charge in [0.15, 0.2) is 0 Å². The number of nitrogens with two attached hydrogens (primary N) is 2. The number of anilines is 1. The minimum atomic E-state index is -3.79. The maximum absolute atomic E-state index is 12.5. The van der Waals surface area contributed by atoms with Gasteiger partial charge < -0.3 is 5.73 Å². The van der Waals surface area contributed by atoms with E-state index in [1.165, 1.54) is 16.4 Å². The molecule has 0 aromatic heterocycles. The molecule has 0 radical (unpaired) electrons. The van der Waals surface area contributed by atoms with Crippen LogP contribution in [-0.2, 0) is 20.2 Å². The van der Waals surface area contributed by atoms with Gasteiger partial charge in [0.05, 0.1) is 5.69 Å². The highest BCUT2D eigenvalue weighted by Gasteiger charge is 2.32. The number of rotatable bonds is 3. The molecule has 1 aliphatic heterocycles. The van der Waals surface area contributed by atoms with Crippen LogP contribution < -0.4 is 10.9 Å². The zero-order chi connectivity index (χ0) is 15.8. The van der Waals surface area contributed by atoms with E-state index in [0.29, 0.717) is 4.47 Å². The SMILES string of the molecule is Nc1ccc(Br)cc1S(=O)(=O)N1CCN(S(N)(=O)=O)CC1. The molecule has 11 heteroatoms. The van der Waals surface area contributed by atoms with Gasteiger partial charge in [-0.1, -0.05) is 15.9 Å². The second-order valence-electron chi connectivity index (χ2n) is 4.53. The Morgan fingerprint density at radius 3 is 2.05 bits per heavy atom. The maximum atomic E-state index is 12.5. The smallest absolute Gasteiger partial charge is 0.276 e. The van der Waals surface area contributed by atoms with E-state index in [4.69, 9.17) is 10.9 Å². The quantitative estimate of drug-likeness (QED) is 0.665. The molecule has 0 bridgehead atoms. The molecule has 1 aromatic rings. The van der Waals surface area contributed by atoms with Crippen LogP contribution in [0.25, 0.3) is 0 Å². The molecule has 0 atom stereocenters. The molecular formula is C10H15BrN4O4S2. The van der Waals surface area contributed by atoms with Gasteiger partial charge >= 0.3 is 0 Å². The molecule has 0 aliphatic carbocycles. The van der Waals surface area contributed by atoms with Crippen LogP contribution in [0.5, 0.6) is 0 Å². The Morgan fingerprint density at radius 1 is 1.00 bits per heavy atom. The minimum Gasteiger partial charge on any atom is -0.398 e. The van der Waals surface area contributed by atoms with Gasteiger partial charge in [0.25, 0.3) is 10.2 Å². The number of sulfonamides is 1. The average Bonchev–Trinajstić information content (AvgIpc) is 2.40. The van der Waals surface area contributed by atoms with Gasteiger partial charge in [0.1, 0.15) is 4.90 Å². The number of piperazine rings is 1. The average molecular weight is 399 g/mol. The maximum Gasteiger partial charge on any atom is 0.276 e. The molecule has 2 rings (SSSR count). The van der Waals surface area contributed by atoms with E-state index in [-0.39, 0.29) is 36.8 Å². The highest BCUT2D eigenvalue weighted by atomic mass is 79.9. The minimum absolute atomic E-state index is 0.000862. The van der Waals surface area contributed by atoms with Crippen molar-refractivity contribution >= 4 is 41.8 Å². The highest BCUT2D eigenvalue weighted by molar-refractivity contribution is 9.10. The van der Waals surface area contributed by atoms with Crippen LogP contribution in [0.15, 0.2) is 27.6 Å². The normalized spacial score (nSPS) is 18.8. The third kappa shape index (κ3) is 3.55. The number of nitrogens with zero attached hydrogens (tertiary/aromatic N) is 2. The summed E-state index contributed by atoms with van der Waals surface area (Å²) < 4.78 is 50.4. The monoisotopic (exact) mass is 398 g/mol. The number of hydrogen-bond acceptors (Lipinski definition) is 5. The lowest BCUT2D eigenvalue weighted by Crippen LogP contribution is -2.52. The van der Waals surface area contributed by atoms with Crippen LogP contribution >= 0.6 is 15.9 Å². The largest absolute Gasteiger partial charge is 0.398 e. The van der Waals surface area contributed by atoms with Crippen LogP contribution in [0, 0.1) is 0 Å². The zero-order valence-corrected chi connectivity index (χ0v) is 14.2. The van der Waals surface area contributed by atoms with E-state index in [2.05, 4.69) is 15.9 Å². The van der Waals surface area contributed by atoms with Crippen molar-refractivity contribution in [1.82, 2.24) is 8.61 Å². The molecule has 1 heterocycles. The van der Waals surface area contributed by atoms with Crippen LogP contribution in [0.4, 0.5) is 5.69 Å². The van der Waals surface area contributed by atoms with E-state index in [0.717, 1.165) is 4.31 Å². The fourth-order valence-electron chi connectivity index (χ4n) is 2.04. The van der Waals surface area contributed by atoms with Crippen molar-refractivity contribution in [2.45, 2.75) is 4.90 Å². The summed E-state index contributed by atoms with van der Waals surface area (Å²) in [5.74, 6) is 0. The summed E-state index contributed by atoms with van der Waals surface area (Å²) in [6.45, 7) is 0.105. The molecule has 4 N–H and O–H groups in total. The van der Waals surface area contributed by atoms with Crippen molar-refractivity contribution in [3.8, 4) is 0 Å². The molecule has 1 fully saturated rings. The van der Waals surface area contributed by atoms with Gasteiger partial charge in [-0.25, -0.2) is 13.6 Å². The van der Waals surface area contributed by atoms with Gasteiger partial charge in [-0.2, -0.15) is 17.0 Å². The van der Waals surface area contributed by atoms with Crippen LogP contribution in [0.3, 0.4) is 0 Å². The van der Waals surface area contributed by atoms with E-state index in [1.54, 1.807) is 6.07 Å². The van der Waals surface area contributed by atoms with Crippen molar-refractivity contribution in [1.29, 1.82) is 0 Å². The first-order valence-electron chi connectivity index (χ1n) is 5.95. The Balaban J connectivity index is 2.25. The lowest BCUT2D eigenvalue weighted by molar-refractivity contribution is 0.273. The molecule has 8 nitrogen and oxygen atoms in total. The summed E-state index contributed by atoms with van der Waals surface area (Å²) in [5.41, 5.74) is 5.87. The standard InChI is InChI=1S/C10H15BrN4O4S2/c11-8-1-2-9(12)10(7-8)20(16,17)14-3-5-15(6-4-14)21(13,18)19/h1-2,7H,3-6,12H2,(H2,13,18,19). The molecule has 1 aromatic carbocycles. The first-order valence-corrected chi connectivity index (χ1v) is 9.69. The third-order valence-electron chi connectivity index (χ3n) is 3.15. The summed E-state index contributed by atoms with van der Waals surface area (Å²) in [5, 5.41) is 5.02. The van der Waals surface area contributed by atoms with Crippen LogP contribution in [-0.4, -0.2) is 51.6 Å². The van der Waals surface area contributed by atoms with E-state index >= 15 is 0 Å². The van der Waals surface area contributed by atoms with Crippen molar-refractivity contribution in [3.05, 3.63) is 22.7 Å². The second-order valence-corrected chi connectivity index (χ2v) is 8.90. The summed E-state index contributed by atoms with van der Waals surface area (Å²) >= 11 is 3.21. The number of nitrogen functional groups attached to an aromatic ring is 1. The predicted octanol–water partition coefficient (Wildman–Crippen LogP) is -0.459. The molecule has 0 unspecified atom stereocenters. The van der Waals surface area contributed by atoms with Crippen LogP contribution in [0.2, 0.25) is 0 Å². The lowest BCUT2D eigenvalue weighted by Gasteiger charge is -2.32. The van der Waals surface area contributed by atoms with E-state index in [9.17, 15) is 16.8 Å². The van der Waals surface area contributed by atoms with Crippen LogP contribution in [0.1, 0.15) is 0 Å². The summed E-state index contributed by atoms with van der Waals surface area (Å²) in [4.78, 5) is 0.000862. The fraction of sp³-hybridized carbons (Fsp3) is 0.400. The fourth-order valence-corrected chi connectivity index (χ4v) is 4.78. The van der Waals surface area contributed by atoms with Gasteiger partial charge in [-0.15, -0.1) is 0 Å². The van der Waals surface area contributed by atoms with Gasteiger partial charge in [-0.05, 0) is 18.2 Å².